The molecule has 1 atom stereocenters. The van der Waals surface area contributed by atoms with E-state index in [0.29, 0.717) is 5.16 Å². The first-order chi connectivity index (χ1) is 12.3. The lowest BCUT2D eigenvalue weighted by atomic mass is 9.84. The Hall–Kier alpha value is -2.29. The van der Waals surface area contributed by atoms with Crippen molar-refractivity contribution in [3.63, 3.8) is 0 Å². The Morgan fingerprint density at radius 2 is 2.00 bits per heavy atom. The van der Waals surface area contributed by atoms with Gasteiger partial charge in [-0.15, -0.1) is 0 Å². The third-order valence-corrected chi connectivity index (χ3v) is 5.09. The highest BCUT2D eigenvalue weighted by molar-refractivity contribution is 7.99. The summed E-state index contributed by atoms with van der Waals surface area (Å²) in [5.74, 6) is -0.719. The van der Waals surface area contributed by atoms with Crippen molar-refractivity contribution in [2.24, 2.45) is 0 Å². The fourth-order valence-electron chi connectivity index (χ4n) is 2.94. The number of hydrogen-bond donors (Lipinski definition) is 2. The predicted molar refractivity (Wildman–Crippen MR) is 92.4 cm³/mol. The topological polar surface area (TPSA) is 74.8 Å². The number of nitrogens with zero attached hydrogens (tertiary/aromatic N) is 1. The van der Waals surface area contributed by atoms with Gasteiger partial charge in [0.2, 0.25) is 5.91 Å². The van der Waals surface area contributed by atoms with Gasteiger partial charge in [0.1, 0.15) is 5.82 Å². The highest BCUT2D eigenvalue weighted by Crippen LogP contribution is 2.41. The number of thioether (sulfide) groups is 1. The lowest BCUT2D eigenvalue weighted by Crippen LogP contribution is -2.32. The number of amides is 1. The van der Waals surface area contributed by atoms with Crippen LogP contribution in [0.25, 0.3) is 0 Å². The maximum atomic E-state index is 13.4. The largest absolute Gasteiger partial charge is 0.416 e. The van der Waals surface area contributed by atoms with Gasteiger partial charge in [-0.1, -0.05) is 36.9 Å². The monoisotopic (exact) mass is 383 g/mol. The Bertz CT molecular complexity index is 896. The second-order valence-corrected chi connectivity index (χ2v) is 6.96. The average Bonchev–Trinajstić information content (AvgIpc) is 2.58. The van der Waals surface area contributed by atoms with Crippen molar-refractivity contribution in [2.75, 3.05) is 11.1 Å². The molecule has 0 bridgehead atoms. The number of halogens is 3. The zero-order valence-electron chi connectivity index (χ0n) is 13.8. The molecule has 0 spiro atoms. The first-order valence-electron chi connectivity index (χ1n) is 8.04. The summed E-state index contributed by atoms with van der Waals surface area (Å²) in [6, 6.07) is 5.00. The van der Waals surface area contributed by atoms with Crippen molar-refractivity contribution in [2.45, 2.75) is 37.0 Å². The van der Waals surface area contributed by atoms with Gasteiger partial charge in [-0.05, 0) is 18.1 Å². The molecule has 0 fully saturated rings. The number of nitrogens with one attached hydrogen (secondary N) is 2. The SMILES string of the molecule is CCCSc1nc2c(c(=O)[nH]1)[C@H](c1ccccc1C(F)(F)F)CC(=O)N2. The minimum atomic E-state index is -4.58. The molecule has 9 heteroatoms. The number of aromatic nitrogens is 2. The van der Waals surface area contributed by atoms with E-state index >= 15 is 0 Å². The van der Waals surface area contributed by atoms with E-state index < -0.39 is 29.1 Å². The smallest absolute Gasteiger partial charge is 0.310 e. The van der Waals surface area contributed by atoms with Crippen LogP contribution in [-0.2, 0) is 11.0 Å². The number of fused-ring (bicyclic) bond motifs is 1. The number of aromatic amines is 1. The van der Waals surface area contributed by atoms with Crippen LogP contribution in [0.5, 0.6) is 0 Å². The van der Waals surface area contributed by atoms with E-state index in [1.807, 2.05) is 6.92 Å². The Kier molecular flexibility index (Phi) is 5.08. The summed E-state index contributed by atoms with van der Waals surface area (Å²) in [4.78, 5) is 31.4. The Balaban J connectivity index is 2.14. The molecule has 1 aliphatic heterocycles. The molecule has 1 amide bonds. The van der Waals surface area contributed by atoms with Gasteiger partial charge in [0.05, 0.1) is 11.1 Å². The molecule has 0 saturated carbocycles. The number of anilines is 1. The minimum absolute atomic E-state index is 0.0329. The van der Waals surface area contributed by atoms with Crippen LogP contribution < -0.4 is 10.9 Å². The van der Waals surface area contributed by atoms with Crippen molar-refractivity contribution in [1.29, 1.82) is 0 Å². The van der Waals surface area contributed by atoms with E-state index in [9.17, 15) is 22.8 Å². The van der Waals surface area contributed by atoms with Crippen LogP contribution in [0, 0.1) is 0 Å². The summed E-state index contributed by atoms with van der Waals surface area (Å²) >= 11 is 1.32. The zero-order valence-corrected chi connectivity index (χ0v) is 14.6. The average molecular weight is 383 g/mol. The number of rotatable bonds is 4. The van der Waals surface area contributed by atoms with Crippen LogP contribution in [0.3, 0.4) is 0 Å². The quantitative estimate of drug-likeness (QED) is 0.623. The van der Waals surface area contributed by atoms with E-state index in [1.54, 1.807) is 0 Å². The maximum absolute atomic E-state index is 13.4. The Morgan fingerprint density at radius 1 is 1.27 bits per heavy atom. The second-order valence-electron chi connectivity index (χ2n) is 5.87. The van der Waals surface area contributed by atoms with E-state index in [4.69, 9.17) is 0 Å². The van der Waals surface area contributed by atoms with E-state index in [1.165, 1.54) is 30.0 Å². The van der Waals surface area contributed by atoms with Crippen LogP contribution >= 0.6 is 11.8 Å². The lowest BCUT2D eigenvalue weighted by Gasteiger charge is -2.26. The molecule has 2 heterocycles. The molecular formula is C17H16F3N3O2S. The van der Waals surface area contributed by atoms with Gasteiger partial charge in [-0.3, -0.25) is 9.59 Å². The van der Waals surface area contributed by atoms with E-state index in [2.05, 4.69) is 15.3 Å². The van der Waals surface area contributed by atoms with Gasteiger partial charge in [0.25, 0.3) is 5.56 Å². The summed E-state index contributed by atoms with van der Waals surface area (Å²) in [6.45, 7) is 1.97. The second kappa shape index (κ2) is 7.14. The molecule has 0 aliphatic carbocycles. The normalized spacial score (nSPS) is 16.9. The molecule has 1 aromatic carbocycles. The molecule has 0 radical (unpaired) electrons. The number of benzene rings is 1. The lowest BCUT2D eigenvalue weighted by molar-refractivity contribution is -0.138. The maximum Gasteiger partial charge on any atom is 0.416 e. The molecular weight excluding hydrogens is 367 g/mol. The first kappa shape index (κ1) is 18.5. The highest BCUT2D eigenvalue weighted by atomic mass is 32.2. The van der Waals surface area contributed by atoms with Gasteiger partial charge in [-0.25, -0.2) is 4.98 Å². The number of alkyl halides is 3. The zero-order chi connectivity index (χ0) is 18.9. The van der Waals surface area contributed by atoms with Crippen molar-refractivity contribution in [1.82, 2.24) is 9.97 Å². The van der Waals surface area contributed by atoms with Crippen molar-refractivity contribution < 1.29 is 18.0 Å². The van der Waals surface area contributed by atoms with Crippen LogP contribution in [-0.4, -0.2) is 21.6 Å². The molecule has 1 aromatic heterocycles. The van der Waals surface area contributed by atoms with Crippen LogP contribution in [0.4, 0.5) is 19.0 Å². The predicted octanol–water partition coefficient (Wildman–Crippen LogP) is 3.76. The number of carbonyl (C=O) groups excluding carboxylic acids is 1. The van der Waals surface area contributed by atoms with Crippen molar-refractivity contribution in [3.8, 4) is 0 Å². The molecule has 3 rings (SSSR count). The first-order valence-corrected chi connectivity index (χ1v) is 9.02. The number of carbonyl (C=O) groups is 1. The third kappa shape index (κ3) is 3.62. The molecule has 2 aromatic rings. The van der Waals surface area contributed by atoms with E-state index in [0.717, 1.165) is 18.2 Å². The number of hydrogen-bond acceptors (Lipinski definition) is 4. The molecule has 0 saturated heterocycles. The van der Waals surface area contributed by atoms with Crippen LogP contribution in [0.15, 0.2) is 34.2 Å². The molecule has 138 valence electrons. The molecule has 5 nitrogen and oxygen atoms in total. The van der Waals surface area contributed by atoms with Gasteiger partial charge in [-0.2, -0.15) is 13.2 Å². The fourth-order valence-corrected chi connectivity index (χ4v) is 3.66. The standard InChI is InChI=1S/C17H16F3N3O2S/c1-2-7-26-16-22-14-13(15(25)23-16)10(8-12(24)21-14)9-5-3-4-6-11(9)17(18,19)20/h3-6,10H,2,7-8H2,1H3,(H2,21,22,23,24,25)/t10-/m0/s1. The summed E-state index contributed by atoms with van der Waals surface area (Å²) in [7, 11) is 0. The van der Waals surface area contributed by atoms with Gasteiger partial charge in [0, 0.05) is 18.1 Å². The van der Waals surface area contributed by atoms with E-state index in [-0.39, 0.29) is 23.4 Å². The van der Waals surface area contributed by atoms with Gasteiger partial charge in [0.15, 0.2) is 5.16 Å². The summed E-state index contributed by atoms with van der Waals surface area (Å²) < 4.78 is 40.1. The summed E-state index contributed by atoms with van der Waals surface area (Å²) in [5, 5.41) is 2.84. The van der Waals surface area contributed by atoms with Crippen molar-refractivity contribution in [3.05, 3.63) is 51.3 Å². The minimum Gasteiger partial charge on any atom is -0.310 e. The number of H-pyrrole nitrogens is 1. The van der Waals surface area contributed by atoms with Crippen LogP contribution in [0.2, 0.25) is 0 Å². The summed E-state index contributed by atoms with van der Waals surface area (Å²) in [6.07, 6.45) is -3.96. The fraction of sp³-hybridized carbons (Fsp3) is 0.353. The molecule has 1 aliphatic rings. The molecule has 0 unspecified atom stereocenters. The van der Waals surface area contributed by atoms with Gasteiger partial charge < -0.3 is 10.3 Å². The highest BCUT2D eigenvalue weighted by Gasteiger charge is 2.39. The van der Waals surface area contributed by atoms with Crippen molar-refractivity contribution >= 4 is 23.5 Å². The summed E-state index contributed by atoms with van der Waals surface area (Å²) in [5.41, 5.74) is -1.43. The van der Waals surface area contributed by atoms with Gasteiger partial charge >= 0.3 is 6.18 Å². The van der Waals surface area contributed by atoms with Crippen LogP contribution in [0.1, 0.15) is 42.4 Å². The molecule has 26 heavy (non-hydrogen) atoms. The molecule has 2 N–H and O–H groups in total. The Morgan fingerprint density at radius 3 is 2.69 bits per heavy atom. The Labute approximate surface area is 151 Å². The third-order valence-electron chi connectivity index (χ3n) is 4.01.